The summed E-state index contributed by atoms with van der Waals surface area (Å²) in [5.41, 5.74) is 2.63. The van der Waals surface area contributed by atoms with E-state index in [1.807, 2.05) is 23.1 Å². The van der Waals surface area contributed by atoms with Crippen molar-refractivity contribution in [2.24, 2.45) is 5.92 Å². The second-order valence-electron chi connectivity index (χ2n) is 7.13. The lowest BCUT2D eigenvalue weighted by molar-refractivity contribution is 0.0677. The van der Waals surface area contributed by atoms with Crippen LogP contribution in [0.2, 0.25) is 0 Å². The van der Waals surface area contributed by atoms with Gasteiger partial charge in [0.1, 0.15) is 5.69 Å². The van der Waals surface area contributed by atoms with Crippen molar-refractivity contribution in [3.63, 3.8) is 0 Å². The van der Waals surface area contributed by atoms with E-state index in [0.29, 0.717) is 23.5 Å². The summed E-state index contributed by atoms with van der Waals surface area (Å²) < 4.78 is 0. The lowest BCUT2D eigenvalue weighted by Crippen LogP contribution is -2.39. The van der Waals surface area contributed by atoms with Gasteiger partial charge >= 0.3 is 0 Å². The Labute approximate surface area is 149 Å². The smallest absolute Gasteiger partial charge is 0.272 e. The van der Waals surface area contributed by atoms with Crippen LogP contribution in [-0.4, -0.2) is 33.9 Å². The summed E-state index contributed by atoms with van der Waals surface area (Å²) in [5, 5.41) is 3.27. The summed E-state index contributed by atoms with van der Waals surface area (Å²) >= 11 is 0. The van der Waals surface area contributed by atoms with E-state index in [4.69, 9.17) is 0 Å². The van der Waals surface area contributed by atoms with Crippen molar-refractivity contribution in [2.45, 2.75) is 39.5 Å². The minimum atomic E-state index is -0.00542. The van der Waals surface area contributed by atoms with E-state index in [1.165, 1.54) is 12.0 Å². The van der Waals surface area contributed by atoms with Crippen LogP contribution in [0.3, 0.4) is 0 Å². The van der Waals surface area contributed by atoms with Crippen molar-refractivity contribution in [2.75, 3.05) is 18.4 Å². The quantitative estimate of drug-likeness (QED) is 0.907. The fourth-order valence-corrected chi connectivity index (χ4v) is 3.31. The van der Waals surface area contributed by atoms with Crippen LogP contribution in [0.4, 0.5) is 11.6 Å². The summed E-state index contributed by atoms with van der Waals surface area (Å²) in [6, 6.07) is 9.81. The average molecular weight is 338 g/mol. The molecule has 1 aliphatic heterocycles. The van der Waals surface area contributed by atoms with Crippen LogP contribution < -0.4 is 5.32 Å². The van der Waals surface area contributed by atoms with Gasteiger partial charge in [-0.25, -0.2) is 9.97 Å². The molecule has 1 amide bonds. The highest BCUT2D eigenvalue weighted by Crippen LogP contribution is 2.25. The fourth-order valence-electron chi connectivity index (χ4n) is 3.31. The molecule has 1 unspecified atom stereocenters. The van der Waals surface area contributed by atoms with E-state index < -0.39 is 0 Å². The largest absolute Gasteiger partial charge is 0.337 e. The second-order valence-corrected chi connectivity index (χ2v) is 7.13. The molecule has 1 fully saturated rings. The Hall–Kier alpha value is -2.43. The Kier molecular flexibility index (Phi) is 5.31. The first-order chi connectivity index (χ1) is 12.0. The Morgan fingerprint density at radius 1 is 1.28 bits per heavy atom. The fraction of sp³-hybridized carbons (Fsp3) is 0.450. The minimum Gasteiger partial charge on any atom is -0.337 e. The molecule has 1 N–H and O–H groups in total. The maximum atomic E-state index is 12.7. The zero-order valence-corrected chi connectivity index (χ0v) is 15.2. The number of amides is 1. The Balaban J connectivity index is 1.79. The zero-order valence-electron chi connectivity index (χ0n) is 15.2. The molecule has 132 valence electrons. The first kappa shape index (κ1) is 17.4. The van der Waals surface area contributed by atoms with Crippen molar-refractivity contribution >= 4 is 17.5 Å². The molecule has 3 rings (SSSR count). The molecule has 1 aromatic carbocycles. The average Bonchev–Trinajstić information content (AvgIpc) is 2.61. The van der Waals surface area contributed by atoms with Gasteiger partial charge in [-0.05, 0) is 42.4 Å². The number of benzene rings is 1. The van der Waals surface area contributed by atoms with Crippen LogP contribution >= 0.6 is 0 Å². The molecule has 1 aliphatic rings. The summed E-state index contributed by atoms with van der Waals surface area (Å²) in [6.45, 7) is 8.11. The van der Waals surface area contributed by atoms with Crippen LogP contribution in [-0.2, 0) is 0 Å². The number of aromatic nitrogens is 2. The predicted molar refractivity (Wildman–Crippen MR) is 100 cm³/mol. The van der Waals surface area contributed by atoms with Crippen molar-refractivity contribution in [3.8, 4) is 0 Å². The van der Waals surface area contributed by atoms with Gasteiger partial charge in [0.05, 0.1) is 0 Å². The molecule has 0 radical (unpaired) electrons. The summed E-state index contributed by atoms with van der Waals surface area (Å²) in [4.78, 5) is 23.4. The van der Waals surface area contributed by atoms with Crippen LogP contribution in [0.1, 0.15) is 55.6 Å². The van der Waals surface area contributed by atoms with Gasteiger partial charge in [-0.2, -0.15) is 0 Å². The highest BCUT2D eigenvalue weighted by Gasteiger charge is 2.23. The molecular formula is C20H26N4O. The van der Waals surface area contributed by atoms with Crippen molar-refractivity contribution < 1.29 is 4.79 Å². The maximum absolute atomic E-state index is 12.7. The van der Waals surface area contributed by atoms with E-state index in [1.54, 1.807) is 12.3 Å². The number of likely N-dealkylation sites (tertiary alicyclic amines) is 1. The first-order valence-corrected chi connectivity index (χ1v) is 9.03. The molecular weight excluding hydrogens is 312 g/mol. The van der Waals surface area contributed by atoms with Gasteiger partial charge in [0, 0.05) is 25.0 Å². The molecule has 5 heteroatoms. The predicted octanol–water partition coefficient (Wildman–Crippen LogP) is 4.22. The maximum Gasteiger partial charge on any atom is 0.272 e. The van der Waals surface area contributed by atoms with Crippen LogP contribution in [0.5, 0.6) is 0 Å². The number of hydrogen-bond acceptors (Lipinski definition) is 4. The Morgan fingerprint density at radius 3 is 2.84 bits per heavy atom. The first-order valence-electron chi connectivity index (χ1n) is 9.03. The number of piperidine rings is 1. The number of carbonyl (C=O) groups is 1. The van der Waals surface area contributed by atoms with E-state index in [2.05, 4.69) is 42.1 Å². The number of rotatable bonds is 4. The molecule has 1 saturated heterocycles. The van der Waals surface area contributed by atoms with E-state index >= 15 is 0 Å². The van der Waals surface area contributed by atoms with Gasteiger partial charge in [-0.1, -0.05) is 39.0 Å². The van der Waals surface area contributed by atoms with Crippen LogP contribution in [0.25, 0.3) is 0 Å². The van der Waals surface area contributed by atoms with Gasteiger partial charge < -0.3 is 10.2 Å². The van der Waals surface area contributed by atoms with Crippen molar-refractivity contribution in [1.29, 1.82) is 0 Å². The van der Waals surface area contributed by atoms with Crippen molar-refractivity contribution in [3.05, 3.63) is 47.8 Å². The summed E-state index contributed by atoms with van der Waals surface area (Å²) in [5.74, 6) is 1.40. The molecule has 0 spiro atoms. The molecule has 2 heterocycles. The number of hydrogen-bond donors (Lipinski definition) is 1. The highest BCUT2D eigenvalue weighted by molar-refractivity contribution is 5.92. The number of nitrogens with one attached hydrogen (secondary N) is 1. The molecule has 1 aromatic heterocycles. The van der Waals surface area contributed by atoms with E-state index in [-0.39, 0.29) is 5.91 Å². The van der Waals surface area contributed by atoms with Gasteiger partial charge in [0.15, 0.2) is 0 Å². The molecule has 1 atom stereocenters. The second kappa shape index (κ2) is 7.64. The normalized spacial score (nSPS) is 17.6. The molecule has 5 nitrogen and oxygen atoms in total. The highest BCUT2D eigenvalue weighted by atomic mass is 16.2. The lowest BCUT2D eigenvalue weighted by atomic mass is 10.00. The molecule has 2 aromatic rings. The Bertz CT molecular complexity index is 744. The number of nitrogens with zero attached hydrogens (tertiary/aromatic N) is 3. The third kappa shape index (κ3) is 4.16. The van der Waals surface area contributed by atoms with Gasteiger partial charge in [-0.15, -0.1) is 0 Å². The van der Waals surface area contributed by atoms with Crippen molar-refractivity contribution in [1.82, 2.24) is 14.9 Å². The third-order valence-corrected chi connectivity index (χ3v) is 4.65. The molecule has 0 aliphatic carbocycles. The number of carbonyl (C=O) groups excluding carboxylic acids is 1. The van der Waals surface area contributed by atoms with E-state index in [0.717, 1.165) is 25.2 Å². The van der Waals surface area contributed by atoms with Crippen LogP contribution in [0, 0.1) is 5.92 Å². The topological polar surface area (TPSA) is 58.1 Å². The Morgan fingerprint density at radius 2 is 2.08 bits per heavy atom. The summed E-state index contributed by atoms with van der Waals surface area (Å²) in [6.07, 6.45) is 3.89. The monoisotopic (exact) mass is 338 g/mol. The summed E-state index contributed by atoms with van der Waals surface area (Å²) in [7, 11) is 0. The zero-order chi connectivity index (χ0) is 17.8. The van der Waals surface area contributed by atoms with Crippen LogP contribution in [0.15, 0.2) is 36.5 Å². The minimum absolute atomic E-state index is 0.00542. The lowest BCUT2D eigenvalue weighted by Gasteiger charge is -2.30. The van der Waals surface area contributed by atoms with Gasteiger partial charge in [-0.3, -0.25) is 4.79 Å². The van der Waals surface area contributed by atoms with Gasteiger partial charge in [0.25, 0.3) is 5.91 Å². The number of anilines is 2. The molecule has 0 bridgehead atoms. The SMILES string of the molecule is CC1CCCN(C(=O)c2ccnc(Nc3ccccc3C(C)C)n2)C1. The molecule has 25 heavy (non-hydrogen) atoms. The standard InChI is InChI=1S/C20H26N4O/c1-14(2)16-8-4-5-9-17(16)22-20-21-11-10-18(23-20)19(25)24-12-6-7-15(3)13-24/h4-5,8-11,14-15H,6-7,12-13H2,1-3H3,(H,21,22,23). The van der Waals surface area contributed by atoms with Gasteiger partial charge in [0.2, 0.25) is 5.95 Å². The number of para-hydroxylation sites is 1. The molecule has 0 saturated carbocycles. The van der Waals surface area contributed by atoms with E-state index in [9.17, 15) is 4.79 Å². The third-order valence-electron chi connectivity index (χ3n) is 4.65.